The Labute approximate surface area is 150 Å². The number of aliphatic imine (C=N–C) groups is 1. The number of amides is 1. The average Bonchev–Trinajstić information content (AvgIpc) is 3.01. The normalized spacial score (nSPS) is 35.2. The van der Waals surface area contributed by atoms with Crippen molar-refractivity contribution in [2.24, 2.45) is 16.3 Å². The van der Waals surface area contributed by atoms with Crippen LogP contribution in [0.1, 0.15) is 32.6 Å². The molecule has 2 heterocycles. The van der Waals surface area contributed by atoms with Gasteiger partial charge in [0, 0.05) is 44.3 Å². The summed E-state index contributed by atoms with van der Waals surface area (Å²) in [5.74, 6) is 1.70. The van der Waals surface area contributed by atoms with Crippen LogP contribution in [0.15, 0.2) is 28.8 Å². The third-order valence-corrected chi connectivity index (χ3v) is 6.84. The van der Waals surface area contributed by atoms with Gasteiger partial charge in [-0.05, 0) is 30.6 Å². The van der Waals surface area contributed by atoms with E-state index in [2.05, 4.69) is 33.9 Å². The summed E-state index contributed by atoms with van der Waals surface area (Å²) in [7, 11) is 0. The third kappa shape index (κ3) is 2.64. The van der Waals surface area contributed by atoms with Crippen LogP contribution in [0.25, 0.3) is 0 Å². The maximum atomic E-state index is 13.1. The Balaban J connectivity index is 1.26. The molecule has 1 saturated heterocycles. The Kier molecular flexibility index (Phi) is 3.56. The van der Waals surface area contributed by atoms with Crippen molar-refractivity contribution in [3.8, 4) is 0 Å². The smallest absolute Gasteiger partial charge is 0.260 e. The van der Waals surface area contributed by atoms with E-state index in [-0.39, 0.29) is 11.3 Å². The minimum atomic E-state index is 0.139. The maximum Gasteiger partial charge on any atom is 0.260 e. The Hall–Kier alpha value is -1.62. The van der Waals surface area contributed by atoms with Gasteiger partial charge in [-0.2, -0.15) is 0 Å². The van der Waals surface area contributed by atoms with Crippen molar-refractivity contribution in [3.05, 3.63) is 23.8 Å². The van der Waals surface area contributed by atoms with E-state index < -0.39 is 0 Å². The summed E-state index contributed by atoms with van der Waals surface area (Å²) >= 11 is 0. The lowest BCUT2D eigenvalue weighted by Gasteiger charge is -2.44. The summed E-state index contributed by atoms with van der Waals surface area (Å²) in [6.07, 6.45) is 11.8. The molecule has 2 saturated carbocycles. The van der Waals surface area contributed by atoms with Crippen molar-refractivity contribution in [3.63, 3.8) is 0 Å². The van der Waals surface area contributed by atoms with Gasteiger partial charge in [0.25, 0.3) is 5.91 Å². The molecular weight excluding hydrogens is 312 g/mol. The lowest BCUT2D eigenvalue weighted by molar-refractivity contribution is -0.123. The zero-order valence-electron chi connectivity index (χ0n) is 15.2. The molecule has 3 fully saturated rings. The number of nitrogens with zero attached hydrogens (tertiary/aromatic N) is 4. The molecule has 0 aromatic rings. The van der Waals surface area contributed by atoms with Crippen molar-refractivity contribution in [2.45, 2.75) is 38.6 Å². The fourth-order valence-electron chi connectivity index (χ4n) is 4.72. The number of allylic oxidation sites excluding steroid dienone is 2. The first-order chi connectivity index (χ1) is 12.1. The van der Waals surface area contributed by atoms with E-state index in [4.69, 9.17) is 0 Å². The minimum absolute atomic E-state index is 0.139. The lowest BCUT2D eigenvalue weighted by Crippen LogP contribution is -2.56. The Morgan fingerprint density at radius 3 is 2.68 bits per heavy atom. The lowest BCUT2D eigenvalue weighted by atomic mass is 9.91. The molecule has 1 amide bonds. The Morgan fingerprint density at radius 2 is 2.00 bits per heavy atom. The number of hydrogen-bond donors (Lipinski definition) is 0. The van der Waals surface area contributed by atoms with Crippen molar-refractivity contribution in [1.82, 2.24) is 14.7 Å². The van der Waals surface area contributed by atoms with E-state index in [1.54, 1.807) is 0 Å². The number of rotatable bonds is 2. The molecule has 5 heteroatoms. The number of carbonyl (C=O) groups excluding carboxylic acids is 1. The molecule has 0 spiro atoms. The first kappa shape index (κ1) is 15.6. The summed E-state index contributed by atoms with van der Waals surface area (Å²) in [5, 5.41) is 0. The molecule has 0 radical (unpaired) electrons. The van der Waals surface area contributed by atoms with Crippen molar-refractivity contribution >= 4 is 11.9 Å². The highest BCUT2D eigenvalue weighted by Gasteiger charge is 2.49. The van der Waals surface area contributed by atoms with E-state index in [9.17, 15) is 4.79 Å². The van der Waals surface area contributed by atoms with Gasteiger partial charge in [0.15, 0.2) is 0 Å². The monoisotopic (exact) mass is 340 g/mol. The van der Waals surface area contributed by atoms with Crippen LogP contribution in [0.2, 0.25) is 0 Å². The summed E-state index contributed by atoms with van der Waals surface area (Å²) < 4.78 is 0. The van der Waals surface area contributed by atoms with Crippen LogP contribution in [0, 0.1) is 11.3 Å². The molecule has 5 rings (SSSR count). The molecule has 0 aromatic heterocycles. The van der Waals surface area contributed by atoms with Gasteiger partial charge in [0.1, 0.15) is 0 Å². The quantitative estimate of drug-likeness (QED) is 0.770. The fraction of sp³-hybridized carbons (Fsp3) is 0.700. The Morgan fingerprint density at radius 1 is 1.20 bits per heavy atom. The molecular formula is C20H28N4O. The first-order valence-electron chi connectivity index (χ1n) is 9.90. The molecule has 5 aliphatic rings. The van der Waals surface area contributed by atoms with Gasteiger partial charge in [-0.25, -0.2) is 0 Å². The SMILES string of the molecule is CC12C=C(C(=O)N3CCN=C3N3CCN(C4CCC4)CC3)C=CC1C2. The van der Waals surface area contributed by atoms with Gasteiger partial charge < -0.3 is 4.90 Å². The maximum absolute atomic E-state index is 13.1. The second kappa shape index (κ2) is 5.70. The summed E-state index contributed by atoms with van der Waals surface area (Å²) in [6.45, 7) is 7.92. The molecule has 2 atom stereocenters. The predicted octanol–water partition coefficient (Wildman–Crippen LogP) is 1.88. The van der Waals surface area contributed by atoms with Gasteiger partial charge in [-0.15, -0.1) is 0 Å². The molecule has 25 heavy (non-hydrogen) atoms. The number of guanidine groups is 1. The highest BCUT2D eigenvalue weighted by Crippen LogP contribution is 2.56. The third-order valence-electron chi connectivity index (χ3n) is 6.84. The van der Waals surface area contributed by atoms with Crippen LogP contribution >= 0.6 is 0 Å². The van der Waals surface area contributed by atoms with E-state index in [0.29, 0.717) is 5.92 Å². The van der Waals surface area contributed by atoms with E-state index in [0.717, 1.165) is 56.8 Å². The zero-order valence-corrected chi connectivity index (χ0v) is 15.2. The fourth-order valence-corrected chi connectivity index (χ4v) is 4.72. The van der Waals surface area contributed by atoms with Crippen LogP contribution in [0.5, 0.6) is 0 Å². The largest absolute Gasteiger partial charge is 0.340 e. The van der Waals surface area contributed by atoms with Gasteiger partial charge in [0.2, 0.25) is 5.96 Å². The molecule has 2 aliphatic heterocycles. The van der Waals surface area contributed by atoms with E-state index in [1.165, 1.54) is 25.7 Å². The number of carbonyl (C=O) groups is 1. The Bertz CT molecular complexity index is 669. The van der Waals surface area contributed by atoms with Crippen molar-refractivity contribution in [1.29, 1.82) is 0 Å². The molecule has 0 bridgehead atoms. The van der Waals surface area contributed by atoms with Crippen LogP contribution < -0.4 is 0 Å². The zero-order chi connectivity index (χ0) is 17.0. The highest BCUT2D eigenvalue weighted by molar-refractivity contribution is 6.07. The molecule has 0 aromatic carbocycles. The van der Waals surface area contributed by atoms with Crippen molar-refractivity contribution < 1.29 is 4.79 Å². The number of fused-ring (bicyclic) bond motifs is 1. The van der Waals surface area contributed by atoms with E-state index >= 15 is 0 Å². The summed E-state index contributed by atoms with van der Waals surface area (Å²) in [6, 6.07) is 0.815. The molecule has 3 aliphatic carbocycles. The van der Waals surface area contributed by atoms with Gasteiger partial charge >= 0.3 is 0 Å². The predicted molar refractivity (Wildman–Crippen MR) is 98.2 cm³/mol. The molecule has 2 unspecified atom stereocenters. The summed E-state index contributed by atoms with van der Waals surface area (Å²) in [5.41, 5.74) is 1.09. The average molecular weight is 340 g/mol. The number of piperazine rings is 1. The second-order valence-electron chi connectivity index (χ2n) is 8.52. The van der Waals surface area contributed by atoms with Gasteiger partial charge in [-0.1, -0.05) is 31.6 Å². The van der Waals surface area contributed by atoms with Gasteiger partial charge in [0.05, 0.1) is 6.54 Å². The van der Waals surface area contributed by atoms with Crippen LogP contribution in [-0.4, -0.2) is 71.9 Å². The standard InChI is InChI=1S/C20H28N4O/c1-20-13-15(5-6-16(20)14-20)18(25)24-8-7-21-19(24)23-11-9-22(10-12-23)17-3-2-4-17/h5-6,13,16-17H,2-4,7-12,14H2,1H3. The van der Waals surface area contributed by atoms with Crippen LogP contribution in [-0.2, 0) is 4.79 Å². The second-order valence-corrected chi connectivity index (χ2v) is 8.52. The topological polar surface area (TPSA) is 39.2 Å². The summed E-state index contributed by atoms with van der Waals surface area (Å²) in [4.78, 5) is 24.6. The molecule has 134 valence electrons. The van der Waals surface area contributed by atoms with Crippen LogP contribution in [0.4, 0.5) is 0 Å². The molecule has 0 N–H and O–H groups in total. The van der Waals surface area contributed by atoms with Crippen molar-refractivity contribution in [2.75, 3.05) is 39.3 Å². The van der Waals surface area contributed by atoms with Crippen LogP contribution in [0.3, 0.4) is 0 Å². The van der Waals surface area contributed by atoms with Gasteiger partial charge in [-0.3, -0.25) is 19.6 Å². The highest BCUT2D eigenvalue weighted by atomic mass is 16.2. The first-order valence-corrected chi connectivity index (χ1v) is 9.90. The number of hydrogen-bond acceptors (Lipinski definition) is 4. The molecule has 5 nitrogen and oxygen atoms in total. The minimum Gasteiger partial charge on any atom is -0.340 e. The van der Waals surface area contributed by atoms with E-state index in [1.807, 2.05) is 11.0 Å².